The van der Waals surface area contributed by atoms with Crippen LogP contribution in [0.4, 0.5) is 11.8 Å². The number of anilines is 2. The summed E-state index contributed by atoms with van der Waals surface area (Å²) in [5.41, 5.74) is 1.24. The summed E-state index contributed by atoms with van der Waals surface area (Å²) >= 11 is 0. The van der Waals surface area contributed by atoms with E-state index >= 15 is 0 Å². The highest BCUT2D eigenvalue weighted by atomic mass is 15.3. The zero-order valence-corrected chi connectivity index (χ0v) is 13.0. The van der Waals surface area contributed by atoms with Crippen molar-refractivity contribution in [2.24, 2.45) is 0 Å². The van der Waals surface area contributed by atoms with Crippen molar-refractivity contribution in [2.45, 2.75) is 39.8 Å². The molecule has 0 amide bonds. The van der Waals surface area contributed by atoms with Gasteiger partial charge in [-0.1, -0.05) is 37.3 Å². The van der Waals surface area contributed by atoms with Crippen molar-refractivity contribution >= 4 is 11.8 Å². The molecule has 1 N–H and O–H groups in total. The highest BCUT2D eigenvalue weighted by Gasteiger charge is 2.10. The molecule has 1 heterocycles. The van der Waals surface area contributed by atoms with Crippen LogP contribution in [0.1, 0.15) is 32.8 Å². The first-order chi connectivity index (χ1) is 10.2. The molecule has 1 aromatic carbocycles. The van der Waals surface area contributed by atoms with Crippen LogP contribution in [-0.4, -0.2) is 27.8 Å². The highest BCUT2D eigenvalue weighted by molar-refractivity contribution is 5.40. The largest absolute Gasteiger partial charge is 0.366 e. The maximum Gasteiger partial charge on any atom is 0.247 e. The number of rotatable bonds is 7. The van der Waals surface area contributed by atoms with Crippen molar-refractivity contribution in [3.8, 4) is 0 Å². The molecular weight excluding hydrogens is 262 g/mol. The summed E-state index contributed by atoms with van der Waals surface area (Å²) in [7, 11) is 0. The van der Waals surface area contributed by atoms with E-state index in [1.807, 2.05) is 18.2 Å². The Morgan fingerprint density at radius 2 is 1.95 bits per heavy atom. The predicted molar refractivity (Wildman–Crippen MR) is 86.4 cm³/mol. The maximum absolute atomic E-state index is 4.57. The lowest BCUT2D eigenvalue weighted by Gasteiger charge is -2.21. The fourth-order valence-electron chi connectivity index (χ4n) is 1.98. The van der Waals surface area contributed by atoms with Crippen molar-refractivity contribution in [3.05, 3.63) is 42.1 Å². The summed E-state index contributed by atoms with van der Waals surface area (Å²) in [6.07, 6.45) is 2.72. The lowest BCUT2D eigenvalue weighted by atomic mass is 10.2. The number of nitrogens with zero attached hydrogens (tertiary/aromatic N) is 4. The minimum absolute atomic E-state index is 0.374. The molecule has 1 unspecified atom stereocenters. The van der Waals surface area contributed by atoms with Crippen molar-refractivity contribution in [1.29, 1.82) is 0 Å². The summed E-state index contributed by atoms with van der Waals surface area (Å²) in [5, 5.41) is 11.6. The number of hydrogen-bond donors (Lipinski definition) is 1. The number of hydrogen-bond acceptors (Lipinski definition) is 5. The van der Waals surface area contributed by atoms with Crippen LogP contribution >= 0.6 is 0 Å². The Morgan fingerprint density at radius 1 is 1.19 bits per heavy atom. The standard InChI is InChI=1S/C16H23N5/c1-4-13(3)18-15-11-17-20-16(19-15)21(5-2)12-14-9-7-6-8-10-14/h6-11,13H,4-5,12H2,1-3H3,(H,18,19,20). The van der Waals surface area contributed by atoms with Crippen LogP contribution in [0.25, 0.3) is 0 Å². The van der Waals surface area contributed by atoms with Crippen LogP contribution in [0, 0.1) is 0 Å². The van der Waals surface area contributed by atoms with E-state index in [1.54, 1.807) is 6.20 Å². The molecule has 112 valence electrons. The van der Waals surface area contributed by atoms with E-state index in [2.05, 4.69) is 58.3 Å². The summed E-state index contributed by atoms with van der Waals surface area (Å²) in [6, 6.07) is 10.7. The molecule has 1 atom stereocenters. The van der Waals surface area contributed by atoms with Gasteiger partial charge in [-0.25, -0.2) is 0 Å². The lowest BCUT2D eigenvalue weighted by Crippen LogP contribution is -2.25. The molecule has 0 radical (unpaired) electrons. The fraction of sp³-hybridized carbons (Fsp3) is 0.438. The first kappa shape index (κ1) is 15.2. The average molecular weight is 285 g/mol. The molecule has 0 saturated heterocycles. The Labute approximate surface area is 126 Å². The van der Waals surface area contributed by atoms with Gasteiger partial charge in [-0.15, -0.1) is 5.10 Å². The Hall–Kier alpha value is -2.17. The minimum Gasteiger partial charge on any atom is -0.366 e. The van der Waals surface area contributed by atoms with E-state index in [0.717, 1.165) is 25.3 Å². The van der Waals surface area contributed by atoms with Crippen molar-refractivity contribution < 1.29 is 0 Å². The highest BCUT2D eigenvalue weighted by Crippen LogP contribution is 2.14. The summed E-state index contributed by atoms with van der Waals surface area (Å²) < 4.78 is 0. The van der Waals surface area contributed by atoms with Gasteiger partial charge in [0, 0.05) is 19.1 Å². The van der Waals surface area contributed by atoms with Gasteiger partial charge in [0.1, 0.15) is 0 Å². The Morgan fingerprint density at radius 3 is 2.62 bits per heavy atom. The van der Waals surface area contributed by atoms with Gasteiger partial charge in [0.05, 0.1) is 6.20 Å². The Balaban J connectivity index is 2.12. The molecule has 5 heteroatoms. The molecule has 0 saturated carbocycles. The van der Waals surface area contributed by atoms with E-state index in [4.69, 9.17) is 0 Å². The third kappa shape index (κ3) is 4.41. The normalized spacial score (nSPS) is 12.0. The molecule has 2 aromatic rings. The van der Waals surface area contributed by atoms with Crippen molar-refractivity contribution in [2.75, 3.05) is 16.8 Å². The van der Waals surface area contributed by atoms with Gasteiger partial charge < -0.3 is 10.2 Å². The molecule has 0 fully saturated rings. The Kier molecular flexibility index (Phi) is 5.49. The second-order valence-electron chi connectivity index (χ2n) is 5.10. The summed E-state index contributed by atoms with van der Waals surface area (Å²) in [4.78, 5) is 6.68. The van der Waals surface area contributed by atoms with E-state index in [9.17, 15) is 0 Å². The SMILES string of the molecule is CCC(C)Nc1cnnc(N(CC)Cc2ccccc2)n1. The zero-order chi connectivity index (χ0) is 15.1. The van der Waals surface area contributed by atoms with Gasteiger partial charge >= 0.3 is 0 Å². The first-order valence-electron chi connectivity index (χ1n) is 7.48. The smallest absolute Gasteiger partial charge is 0.247 e. The van der Waals surface area contributed by atoms with Crippen LogP contribution in [0.2, 0.25) is 0 Å². The Bertz CT molecular complexity index is 543. The van der Waals surface area contributed by atoms with Crippen LogP contribution in [0.15, 0.2) is 36.5 Å². The third-order valence-corrected chi connectivity index (χ3v) is 3.44. The van der Waals surface area contributed by atoms with Crippen LogP contribution in [-0.2, 0) is 6.54 Å². The van der Waals surface area contributed by atoms with Gasteiger partial charge in [-0.2, -0.15) is 10.1 Å². The van der Waals surface area contributed by atoms with E-state index in [0.29, 0.717) is 12.0 Å². The van der Waals surface area contributed by atoms with E-state index < -0.39 is 0 Å². The maximum atomic E-state index is 4.57. The number of aromatic nitrogens is 3. The van der Waals surface area contributed by atoms with Gasteiger partial charge in [0.15, 0.2) is 5.82 Å². The minimum atomic E-state index is 0.374. The van der Waals surface area contributed by atoms with Crippen LogP contribution < -0.4 is 10.2 Å². The van der Waals surface area contributed by atoms with Crippen molar-refractivity contribution in [3.63, 3.8) is 0 Å². The molecule has 0 bridgehead atoms. The lowest BCUT2D eigenvalue weighted by molar-refractivity contribution is 0.741. The first-order valence-corrected chi connectivity index (χ1v) is 7.48. The molecule has 0 aliphatic rings. The molecule has 2 rings (SSSR count). The quantitative estimate of drug-likeness (QED) is 0.847. The topological polar surface area (TPSA) is 53.9 Å². The second kappa shape index (κ2) is 7.57. The summed E-state index contributed by atoms with van der Waals surface area (Å²) in [5.74, 6) is 1.44. The van der Waals surface area contributed by atoms with Crippen LogP contribution in [0.5, 0.6) is 0 Å². The van der Waals surface area contributed by atoms with Gasteiger partial charge in [0.2, 0.25) is 5.95 Å². The van der Waals surface area contributed by atoms with Gasteiger partial charge in [0.25, 0.3) is 0 Å². The number of benzene rings is 1. The monoisotopic (exact) mass is 285 g/mol. The third-order valence-electron chi connectivity index (χ3n) is 3.44. The van der Waals surface area contributed by atoms with E-state index in [1.165, 1.54) is 5.56 Å². The zero-order valence-electron chi connectivity index (χ0n) is 13.0. The fourth-order valence-corrected chi connectivity index (χ4v) is 1.98. The van der Waals surface area contributed by atoms with Gasteiger partial charge in [-0.3, -0.25) is 0 Å². The molecule has 0 aliphatic carbocycles. The van der Waals surface area contributed by atoms with Crippen molar-refractivity contribution in [1.82, 2.24) is 15.2 Å². The van der Waals surface area contributed by atoms with E-state index in [-0.39, 0.29) is 0 Å². The summed E-state index contributed by atoms with van der Waals surface area (Å²) in [6.45, 7) is 7.99. The number of nitrogens with one attached hydrogen (secondary N) is 1. The molecule has 21 heavy (non-hydrogen) atoms. The molecule has 0 aliphatic heterocycles. The molecule has 5 nitrogen and oxygen atoms in total. The van der Waals surface area contributed by atoms with Gasteiger partial charge in [-0.05, 0) is 25.8 Å². The molecule has 0 spiro atoms. The second-order valence-corrected chi connectivity index (χ2v) is 5.10. The predicted octanol–water partition coefficient (Wildman–Crippen LogP) is 3.11. The average Bonchev–Trinajstić information content (AvgIpc) is 2.53. The molecule has 1 aromatic heterocycles. The molecular formula is C16H23N5. The van der Waals surface area contributed by atoms with Crippen LogP contribution in [0.3, 0.4) is 0 Å².